The number of benzene rings is 18. The Morgan fingerprint density at radius 2 is 0.433 bits per heavy atom. The van der Waals surface area contributed by atoms with E-state index < -0.39 is 0 Å². The summed E-state index contributed by atoms with van der Waals surface area (Å²) in [4.78, 5) is 40.3. The van der Waals surface area contributed by atoms with Crippen LogP contribution in [0.1, 0.15) is 0 Å². The first kappa shape index (κ1) is 71.6. The molecule has 560 valence electrons. The predicted molar refractivity (Wildman–Crippen MR) is 496 cm³/mol. The van der Waals surface area contributed by atoms with Gasteiger partial charge in [-0.05, 0) is 159 Å². The van der Waals surface area contributed by atoms with E-state index in [0.717, 1.165) is 133 Å². The van der Waals surface area contributed by atoms with Crippen molar-refractivity contribution in [3.05, 3.63) is 437 Å². The zero-order chi connectivity index (χ0) is 79.7. The van der Waals surface area contributed by atoms with E-state index in [1.54, 1.807) is 0 Å². The first-order valence-corrected chi connectivity index (χ1v) is 40.4. The summed E-state index contributed by atoms with van der Waals surface area (Å²) in [5.74, 6) is 3.80. The minimum Gasteiger partial charge on any atom is -0.255 e. The summed E-state index contributed by atoms with van der Waals surface area (Å²) in [6, 6.07) is 151. The van der Waals surface area contributed by atoms with Crippen molar-refractivity contribution in [2.75, 3.05) is 0 Å². The summed E-state index contributed by atoms with van der Waals surface area (Å²) in [7, 11) is 0. The second kappa shape index (κ2) is 31.6. The predicted octanol–water partition coefficient (Wildman–Crippen LogP) is 28.8. The van der Waals surface area contributed by atoms with Gasteiger partial charge in [0.15, 0.2) is 34.9 Å². The molecule has 4 heterocycles. The SMILES string of the molecule is c1ccc(-c2ccc(-c3nc(-c4ccccc4)nc(-c4cccc(-c5ccc(-c6cccc(-c7nc8ccccc8c8cc9ccccc9cc78)c6)cc5)c4)n3)cc2)cc1.c1ccc(-c2ccc(-c3nc(-c4ccccc4)nc(-c4cccc(-c5cccc(-c6cccc(-c7cnc8c(ccc9c%10ccccc%10ccc98)c7)c6)c5)c4)n3)cc2)cc1. The van der Waals surface area contributed by atoms with Gasteiger partial charge in [-0.15, -0.1) is 0 Å². The van der Waals surface area contributed by atoms with Crippen molar-refractivity contribution in [2.24, 2.45) is 0 Å². The summed E-state index contributed by atoms with van der Waals surface area (Å²) in [5, 5.41) is 12.0. The molecular formula is C112H72N8. The largest absolute Gasteiger partial charge is 0.255 e. The molecule has 0 aliphatic rings. The number of para-hydroxylation sites is 1. The number of hydrogen-bond donors (Lipinski definition) is 0. The van der Waals surface area contributed by atoms with E-state index in [9.17, 15) is 0 Å². The van der Waals surface area contributed by atoms with Crippen LogP contribution >= 0.6 is 0 Å². The Labute approximate surface area is 694 Å². The first-order chi connectivity index (χ1) is 59.4. The minimum absolute atomic E-state index is 0.627. The second-order valence-corrected chi connectivity index (χ2v) is 30.2. The molecule has 0 aliphatic carbocycles. The standard InChI is InChI=1S/2C56H36N4/c1-3-12-37(13-4-1)38-24-26-41(27-25-38)55-58-54(40-15-5-2-6-16-40)59-56(60-55)48-22-11-20-45(34-48)43-18-9-17-42(32-43)44-19-10-21-46(33-44)49-35-47-29-30-51-50-23-8-7-14-39(50)28-31-52(51)53(47)57-36-49;1-3-13-37(14-4-1)38-29-31-42(32-30-38)55-58-54(41-15-5-2-6-16-41)59-56(60-55)48-22-12-20-44(34-48)40-27-25-39(26-28-40)43-19-11-21-47(33-43)53-51-36-46-18-8-7-17-45(46)35-50(51)49-23-9-10-24-52(49)57-53/h2*1-36H. The maximum atomic E-state index is 5.25. The van der Waals surface area contributed by atoms with Crippen LogP contribution in [-0.2, 0) is 0 Å². The van der Waals surface area contributed by atoms with E-state index in [2.05, 4.69) is 358 Å². The molecule has 8 heteroatoms. The number of aromatic nitrogens is 8. The van der Waals surface area contributed by atoms with Gasteiger partial charge in [-0.1, -0.05) is 376 Å². The number of pyridine rings is 2. The quantitative estimate of drug-likeness (QED) is 0.0784. The van der Waals surface area contributed by atoms with Crippen LogP contribution in [0.15, 0.2) is 437 Å². The Morgan fingerprint density at radius 1 is 0.133 bits per heavy atom. The monoisotopic (exact) mass is 1530 g/mol. The van der Waals surface area contributed by atoms with Crippen LogP contribution in [0.3, 0.4) is 0 Å². The topological polar surface area (TPSA) is 103 Å². The van der Waals surface area contributed by atoms with E-state index in [-0.39, 0.29) is 0 Å². The van der Waals surface area contributed by atoms with Gasteiger partial charge in [0.05, 0.1) is 16.7 Å². The van der Waals surface area contributed by atoms with Gasteiger partial charge < -0.3 is 0 Å². The average Bonchev–Trinajstić information content (AvgIpc) is 0.752. The Hall–Kier alpha value is -16.2. The van der Waals surface area contributed by atoms with Crippen molar-refractivity contribution in [3.63, 3.8) is 0 Å². The molecule has 22 aromatic rings. The van der Waals surface area contributed by atoms with Gasteiger partial charge in [0.2, 0.25) is 0 Å². The number of nitrogens with zero attached hydrogens (tertiary/aromatic N) is 8. The molecule has 0 unspecified atom stereocenters. The van der Waals surface area contributed by atoms with Crippen molar-refractivity contribution >= 4 is 64.9 Å². The lowest BCUT2D eigenvalue weighted by molar-refractivity contribution is 1.07. The third-order valence-corrected chi connectivity index (χ3v) is 22.6. The first-order valence-electron chi connectivity index (χ1n) is 40.4. The molecule has 0 bridgehead atoms. The van der Waals surface area contributed by atoms with Crippen molar-refractivity contribution in [3.8, 4) is 157 Å². The molecule has 18 aromatic carbocycles. The fourth-order valence-electron chi connectivity index (χ4n) is 16.4. The highest BCUT2D eigenvalue weighted by Gasteiger charge is 2.20. The van der Waals surface area contributed by atoms with Gasteiger partial charge in [-0.3, -0.25) is 4.98 Å². The van der Waals surface area contributed by atoms with Gasteiger partial charge in [0.1, 0.15) is 0 Å². The summed E-state index contributed by atoms with van der Waals surface area (Å²) < 4.78 is 0. The highest BCUT2D eigenvalue weighted by Crippen LogP contribution is 2.41. The molecule has 4 aromatic heterocycles. The molecule has 0 fully saturated rings. The molecule has 0 spiro atoms. The van der Waals surface area contributed by atoms with Crippen molar-refractivity contribution in [2.45, 2.75) is 0 Å². The zero-order valence-corrected chi connectivity index (χ0v) is 65.1. The van der Waals surface area contributed by atoms with Gasteiger partial charge in [0.25, 0.3) is 0 Å². The second-order valence-electron chi connectivity index (χ2n) is 30.2. The van der Waals surface area contributed by atoms with Gasteiger partial charge in [-0.2, -0.15) is 0 Å². The average molecular weight is 1530 g/mol. The molecule has 0 aliphatic heterocycles. The van der Waals surface area contributed by atoms with Crippen LogP contribution in [-0.4, -0.2) is 39.9 Å². The third-order valence-electron chi connectivity index (χ3n) is 22.6. The van der Waals surface area contributed by atoms with E-state index in [0.29, 0.717) is 34.9 Å². The smallest absolute Gasteiger partial charge is 0.164 e. The third kappa shape index (κ3) is 14.4. The Kier molecular flexibility index (Phi) is 18.8. The molecule has 8 nitrogen and oxygen atoms in total. The van der Waals surface area contributed by atoms with Crippen molar-refractivity contribution in [1.82, 2.24) is 39.9 Å². The molecule has 0 radical (unpaired) electrons. The van der Waals surface area contributed by atoms with E-state index in [1.165, 1.54) is 54.2 Å². The number of hydrogen-bond acceptors (Lipinski definition) is 8. The number of rotatable bonds is 14. The highest BCUT2D eigenvalue weighted by atomic mass is 15.0. The van der Waals surface area contributed by atoms with Crippen LogP contribution < -0.4 is 0 Å². The lowest BCUT2D eigenvalue weighted by Crippen LogP contribution is -2.00. The highest BCUT2D eigenvalue weighted by molar-refractivity contribution is 6.17. The van der Waals surface area contributed by atoms with Gasteiger partial charge in [-0.25, -0.2) is 34.9 Å². The Bertz CT molecular complexity index is 7610. The van der Waals surface area contributed by atoms with Crippen molar-refractivity contribution < 1.29 is 0 Å². The van der Waals surface area contributed by atoms with E-state index in [4.69, 9.17) is 39.9 Å². The fourth-order valence-corrected chi connectivity index (χ4v) is 16.4. The number of fused-ring (bicyclic) bond motifs is 9. The summed E-state index contributed by atoms with van der Waals surface area (Å²) in [6.07, 6.45) is 2.01. The minimum atomic E-state index is 0.627. The molecule has 22 rings (SSSR count). The summed E-state index contributed by atoms with van der Waals surface area (Å²) in [6.45, 7) is 0. The normalized spacial score (nSPS) is 11.3. The van der Waals surface area contributed by atoms with Crippen LogP contribution in [0.2, 0.25) is 0 Å². The lowest BCUT2D eigenvalue weighted by Gasteiger charge is -2.13. The molecule has 0 saturated heterocycles. The van der Waals surface area contributed by atoms with Crippen LogP contribution in [0.25, 0.3) is 222 Å². The molecule has 0 saturated carbocycles. The fraction of sp³-hybridized carbons (Fsp3) is 0. The summed E-state index contributed by atoms with van der Waals surface area (Å²) >= 11 is 0. The van der Waals surface area contributed by atoms with E-state index >= 15 is 0 Å². The maximum Gasteiger partial charge on any atom is 0.164 e. The van der Waals surface area contributed by atoms with Gasteiger partial charge >= 0.3 is 0 Å². The molecule has 120 heavy (non-hydrogen) atoms. The summed E-state index contributed by atoms with van der Waals surface area (Å²) in [5.41, 5.74) is 25.5. The van der Waals surface area contributed by atoms with Gasteiger partial charge in [0, 0.05) is 72.2 Å². The molecular weight excluding hydrogens is 1460 g/mol. The molecule has 0 atom stereocenters. The van der Waals surface area contributed by atoms with Crippen molar-refractivity contribution in [1.29, 1.82) is 0 Å². The maximum absolute atomic E-state index is 5.25. The molecule has 0 amide bonds. The lowest BCUT2D eigenvalue weighted by atomic mass is 9.94. The van der Waals surface area contributed by atoms with E-state index in [1.807, 2.05) is 79.0 Å². The molecule has 0 N–H and O–H groups in total. The van der Waals surface area contributed by atoms with Crippen LogP contribution in [0.5, 0.6) is 0 Å². The Morgan fingerprint density at radius 3 is 0.908 bits per heavy atom. The van der Waals surface area contributed by atoms with Crippen LogP contribution in [0, 0.1) is 0 Å². The Balaban J connectivity index is 0.000000148. The van der Waals surface area contributed by atoms with Crippen LogP contribution in [0.4, 0.5) is 0 Å². The zero-order valence-electron chi connectivity index (χ0n) is 65.1.